The van der Waals surface area contributed by atoms with Crippen LogP contribution in [0.25, 0.3) is 0 Å². The van der Waals surface area contributed by atoms with E-state index in [0.29, 0.717) is 19.5 Å². The van der Waals surface area contributed by atoms with E-state index in [1.54, 1.807) is 12.3 Å². The Labute approximate surface area is 147 Å². The Morgan fingerprint density at radius 2 is 2.12 bits per heavy atom. The van der Waals surface area contributed by atoms with Gasteiger partial charge in [0.05, 0.1) is 6.10 Å². The molecule has 2 unspecified atom stereocenters. The van der Waals surface area contributed by atoms with Crippen LogP contribution in [-0.2, 0) is 6.54 Å². The molecule has 1 saturated heterocycles. The van der Waals surface area contributed by atoms with Crippen LogP contribution in [0.15, 0.2) is 48.7 Å². The third-order valence-electron chi connectivity index (χ3n) is 4.39. The fourth-order valence-electron chi connectivity index (χ4n) is 3.19. The largest absolute Gasteiger partial charge is 0.392 e. The molecule has 0 aliphatic carbocycles. The minimum Gasteiger partial charge on any atom is -0.392 e. The van der Waals surface area contributed by atoms with E-state index in [9.17, 15) is 9.90 Å². The predicted molar refractivity (Wildman–Crippen MR) is 97.3 cm³/mol. The number of likely N-dealkylation sites (tertiary alicyclic amines) is 1. The van der Waals surface area contributed by atoms with Crippen LogP contribution in [0.1, 0.15) is 17.7 Å². The SMILES string of the molecule is Cc1cc(NC(=O)NCC2CC(O)CN2Cc2ccccc2)ccn1. The molecule has 25 heavy (non-hydrogen) atoms. The number of carbonyl (C=O) groups excluding carboxylic acids is 1. The highest BCUT2D eigenvalue weighted by molar-refractivity contribution is 5.89. The lowest BCUT2D eigenvalue weighted by Crippen LogP contribution is -2.41. The molecule has 2 atom stereocenters. The van der Waals surface area contributed by atoms with Crippen LogP contribution in [0.2, 0.25) is 0 Å². The van der Waals surface area contributed by atoms with E-state index >= 15 is 0 Å². The lowest BCUT2D eigenvalue weighted by molar-refractivity contribution is 0.172. The maximum Gasteiger partial charge on any atom is 0.319 e. The molecule has 2 amide bonds. The minimum atomic E-state index is -0.346. The molecule has 1 aromatic carbocycles. The quantitative estimate of drug-likeness (QED) is 0.779. The monoisotopic (exact) mass is 340 g/mol. The van der Waals surface area contributed by atoms with Gasteiger partial charge in [0.15, 0.2) is 0 Å². The number of pyridine rings is 1. The zero-order valence-corrected chi connectivity index (χ0v) is 14.4. The molecule has 0 radical (unpaired) electrons. The Hall–Kier alpha value is -2.44. The number of aryl methyl sites for hydroxylation is 1. The summed E-state index contributed by atoms with van der Waals surface area (Å²) in [5, 5.41) is 15.7. The van der Waals surface area contributed by atoms with Crippen LogP contribution in [0.5, 0.6) is 0 Å². The highest BCUT2D eigenvalue weighted by Crippen LogP contribution is 2.20. The third-order valence-corrected chi connectivity index (χ3v) is 4.39. The number of β-amino-alcohol motifs (C(OH)–C–C–N with tert-alkyl or cyclic N) is 1. The van der Waals surface area contributed by atoms with Crippen LogP contribution < -0.4 is 10.6 Å². The number of carbonyl (C=O) groups is 1. The highest BCUT2D eigenvalue weighted by Gasteiger charge is 2.30. The molecule has 132 valence electrons. The van der Waals surface area contributed by atoms with E-state index in [4.69, 9.17) is 0 Å². The van der Waals surface area contributed by atoms with E-state index in [1.165, 1.54) is 5.56 Å². The van der Waals surface area contributed by atoms with Crippen LogP contribution in [0, 0.1) is 6.92 Å². The molecule has 1 aliphatic heterocycles. The van der Waals surface area contributed by atoms with Crippen molar-refractivity contribution >= 4 is 11.7 Å². The smallest absolute Gasteiger partial charge is 0.319 e. The molecule has 0 saturated carbocycles. The van der Waals surface area contributed by atoms with Crippen molar-refractivity contribution in [1.82, 2.24) is 15.2 Å². The number of benzene rings is 1. The first kappa shape index (κ1) is 17.4. The van der Waals surface area contributed by atoms with Gasteiger partial charge in [0.1, 0.15) is 0 Å². The molecule has 1 aromatic heterocycles. The Morgan fingerprint density at radius 3 is 2.88 bits per heavy atom. The number of amides is 2. The molecule has 0 bridgehead atoms. The van der Waals surface area contributed by atoms with Crippen LogP contribution >= 0.6 is 0 Å². The number of anilines is 1. The second-order valence-corrected chi connectivity index (χ2v) is 6.48. The van der Waals surface area contributed by atoms with Gasteiger partial charge in [-0.2, -0.15) is 0 Å². The van der Waals surface area contributed by atoms with Gasteiger partial charge < -0.3 is 15.7 Å². The van der Waals surface area contributed by atoms with Gasteiger partial charge in [0, 0.05) is 43.3 Å². The first-order valence-corrected chi connectivity index (χ1v) is 8.53. The van der Waals surface area contributed by atoms with Crippen molar-refractivity contribution in [2.75, 3.05) is 18.4 Å². The number of nitrogens with one attached hydrogen (secondary N) is 2. The summed E-state index contributed by atoms with van der Waals surface area (Å²) in [5.41, 5.74) is 2.78. The summed E-state index contributed by atoms with van der Waals surface area (Å²) in [6, 6.07) is 13.6. The second-order valence-electron chi connectivity index (χ2n) is 6.48. The molecule has 0 spiro atoms. The Morgan fingerprint density at radius 1 is 1.32 bits per heavy atom. The number of aliphatic hydroxyl groups is 1. The second kappa shape index (κ2) is 8.09. The van der Waals surface area contributed by atoms with E-state index in [0.717, 1.165) is 17.9 Å². The van der Waals surface area contributed by atoms with Gasteiger partial charge in [-0.25, -0.2) is 4.79 Å². The molecule has 6 nitrogen and oxygen atoms in total. The van der Waals surface area contributed by atoms with Gasteiger partial charge >= 0.3 is 6.03 Å². The topological polar surface area (TPSA) is 77.5 Å². The Kier molecular flexibility index (Phi) is 5.63. The maximum atomic E-state index is 12.1. The van der Waals surface area contributed by atoms with Gasteiger partial charge in [-0.15, -0.1) is 0 Å². The maximum absolute atomic E-state index is 12.1. The normalized spacial score (nSPS) is 20.4. The van der Waals surface area contributed by atoms with E-state index < -0.39 is 0 Å². The molecule has 6 heteroatoms. The summed E-state index contributed by atoms with van der Waals surface area (Å²) in [6.45, 7) is 3.78. The van der Waals surface area contributed by atoms with Crippen molar-refractivity contribution in [1.29, 1.82) is 0 Å². The molecule has 2 aromatic rings. The number of hydrogen-bond acceptors (Lipinski definition) is 4. The van der Waals surface area contributed by atoms with Gasteiger partial charge in [0.25, 0.3) is 0 Å². The number of nitrogens with zero attached hydrogens (tertiary/aromatic N) is 2. The third kappa shape index (κ3) is 5.01. The van der Waals surface area contributed by atoms with Gasteiger partial charge in [0.2, 0.25) is 0 Å². The van der Waals surface area contributed by atoms with E-state index in [2.05, 4.69) is 32.7 Å². The van der Waals surface area contributed by atoms with Crippen molar-refractivity contribution in [2.45, 2.75) is 32.0 Å². The Bertz CT molecular complexity index is 708. The molecular formula is C19H24N4O2. The van der Waals surface area contributed by atoms with Crippen molar-refractivity contribution in [3.8, 4) is 0 Å². The van der Waals surface area contributed by atoms with Crippen molar-refractivity contribution < 1.29 is 9.90 Å². The number of rotatable bonds is 5. The molecule has 1 aliphatic rings. The van der Waals surface area contributed by atoms with Crippen LogP contribution in [0.3, 0.4) is 0 Å². The summed E-state index contributed by atoms with van der Waals surface area (Å²) < 4.78 is 0. The van der Waals surface area contributed by atoms with Crippen LogP contribution in [0.4, 0.5) is 10.5 Å². The molecular weight excluding hydrogens is 316 g/mol. The summed E-state index contributed by atoms with van der Waals surface area (Å²) in [5.74, 6) is 0. The summed E-state index contributed by atoms with van der Waals surface area (Å²) >= 11 is 0. The molecule has 2 heterocycles. The van der Waals surface area contributed by atoms with Crippen molar-refractivity contribution in [3.05, 3.63) is 59.9 Å². The number of aliphatic hydroxyl groups excluding tert-OH is 1. The van der Waals surface area contributed by atoms with Crippen molar-refractivity contribution in [2.24, 2.45) is 0 Å². The molecule has 3 rings (SSSR count). The first-order valence-electron chi connectivity index (χ1n) is 8.53. The van der Waals surface area contributed by atoms with Gasteiger partial charge in [-0.1, -0.05) is 30.3 Å². The molecule has 3 N–H and O–H groups in total. The number of aromatic nitrogens is 1. The zero-order chi connectivity index (χ0) is 17.6. The first-order chi connectivity index (χ1) is 12.1. The lowest BCUT2D eigenvalue weighted by atomic mass is 10.1. The standard InChI is InChI=1S/C19H24N4O2/c1-14-9-16(7-8-20-14)22-19(25)21-11-17-10-18(24)13-23(17)12-15-5-3-2-4-6-15/h2-9,17-18,24H,10-13H2,1H3,(H2,20,21,22,25). The molecule has 1 fully saturated rings. The average Bonchev–Trinajstić information content (AvgIpc) is 2.93. The zero-order valence-electron chi connectivity index (χ0n) is 14.4. The highest BCUT2D eigenvalue weighted by atomic mass is 16.3. The summed E-state index contributed by atoms with van der Waals surface area (Å²) in [6.07, 6.45) is 1.99. The van der Waals surface area contributed by atoms with Crippen LogP contribution in [-0.4, -0.2) is 46.3 Å². The average molecular weight is 340 g/mol. The lowest BCUT2D eigenvalue weighted by Gasteiger charge is -2.24. The number of hydrogen-bond donors (Lipinski definition) is 3. The fraction of sp³-hybridized carbons (Fsp3) is 0.368. The Balaban J connectivity index is 1.52. The van der Waals surface area contributed by atoms with Gasteiger partial charge in [-0.05, 0) is 31.0 Å². The fourth-order valence-corrected chi connectivity index (χ4v) is 3.19. The van der Waals surface area contributed by atoms with E-state index in [1.807, 2.05) is 31.2 Å². The van der Waals surface area contributed by atoms with Crippen molar-refractivity contribution in [3.63, 3.8) is 0 Å². The number of urea groups is 1. The summed E-state index contributed by atoms with van der Waals surface area (Å²) in [4.78, 5) is 18.4. The van der Waals surface area contributed by atoms with Gasteiger partial charge in [-0.3, -0.25) is 9.88 Å². The predicted octanol–water partition coefficient (Wildman–Crippen LogP) is 2.15. The van der Waals surface area contributed by atoms with E-state index in [-0.39, 0.29) is 18.2 Å². The minimum absolute atomic E-state index is 0.125. The summed E-state index contributed by atoms with van der Waals surface area (Å²) in [7, 11) is 0.